The molecule has 4 rings (SSSR count). The molecule has 0 bridgehead atoms. The number of aromatic nitrogens is 1. The maximum Gasteiger partial charge on any atom is 0.255 e. The van der Waals surface area contributed by atoms with Gasteiger partial charge >= 0.3 is 0 Å². The lowest BCUT2D eigenvalue weighted by Crippen LogP contribution is -2.32. The number of amides is 1. The van der Waals surface area contributed by atoms with Crippen LogP contribution in [0.2, 0.25) is 5.02 Å². The molecule has 3 aromatic rings. The molecule has 30 heavy (non-hydrogen) atoms. The first-order valence-electron chi connectivity index (χ1n) is 9.41. The minimum absolute atomic E-state index is 0.0490. The molecule has 1 saturated heterocycles. The Morgan fingerprint density at radius 3 is 2.90 bits per heavy atom. The average Bonchev–Trinajstić information content (AvgIpc) is 3.35. The van der Waals surface area contributed by atoms with Gasteiger partial charge in [0.15, 0.2) is 0 Å². The van der Waals surface area contributed by atoms with Crippen molar-refractivity contribution in [1.82, 2.24) is 9.71 Å². The molecule has 1 aromatic heterocycles. The zero-order chi connectivity index (χ0) is 21.3. The van der Waals surface area contributed by atoms with Gasteiger partial charge in [-0.1, -0.05) is 11.6 Å². The van der Waals surface area contributed by atoms with Crippen LogP contribution in [-0.4, -0.2) is 38.6 Å². The predicted molar refractivity (Wildman–Crippen MR) is 118 cm³/mol. The fraction of sp³-hybridized carbons (Fsp3) is 0.300. The summed E-state index contributed by atoms with van der Waals surface area (Å²) in [5.74, 6) is -0.428. The molecule has 2 aromatic carbocycles. The number of carbonyl (C=O) groups is 1. The predicted octanol–water partition coefficient (Wildman–Crippen LogP) is 3.97. The molecule has 10 heteroatoms. The lowest BCUT2D eigenvalue weighted by atomic mass is 10.2. The summed E-state index contributed by atoms with van der Waals surface area (Å²) in [6.07, 6.45) is 1.58. The van der Waals surface area contributed by atoms with Gasteiger partial charge in [0, 0.05) is 24.4 Å². The van der Waals surface area contributed by atoms with E-state index in [9.17, 15) is 13.2 Å². The van der Waals surface area contributed by atoms with Crippen LogP contribution in [0.1, 0.15) is 28.2 Å². The third kappa shape index (κ3) is 4.65. The molecule has 7 nitrogen and oxygen atoms in total. The summed E-state index contributed by atoms with van der Waals surface area (Å²) < 4.78 is 34.3. The van der Waals surface area contributed by atoms with Crippen LogP contribution in [0.15, 0.2) is 41.3 Å². The van der Waals surface area contributed by atoms with Crippen molar-refractivity contribution in [3.63, 3.8) is 0 Å². The van der Waals surface area contributed by atoms with Crippen molar-refractivity contribution in [1.29, 1.82) is 0 Å². The molecule has 0 saturated carbocycles. The first kappa shape index (κ1) is 21.2. The van der Waals surface area contributed by atoms with Gasteiger partial charge in [-0.25, -0.2) is 18.1 Å². The molecular formula is C20H20ClN3O4S2. The average molecular weight is 466 g/mol. The van der Waals surface area contributed by atoms with Crippen molar-refractivity contribution >= 4 is 54.8 Å². The van der Waals surface area contributed by atoms with Crippen LogP contribution in [-0.2, 0) is 14.8 Å². The SMILES string of the molecule is Cc1nc2ccc(NC(=O)c3ccc(Cl)c(S(=O)(=O)NC[C@@H]4CCCO4)c3)cc2s1. The van der Waals surface area contributed by atoms with Crippen LogP contribution >= 0.6 is 22.9 Å². The largest absolute Gasteiger partial charge is 0.377 e. The van der Waals surface area contributed by atoms with Gasteiger partial charge in [-0.15, -0.1) is 11.3 Å². The lowest BCUT2D eigenvalue weighted by molar-refractivity contribution is 0.102. The van der Waals surface area contributed by atoms with E-state index in [0.29, 0.717) is 12.3 Å². The molecule has 1 fully saturated rings. The minimum Gasteiger partial charge on any atom is -0.377 e. The molecule has 2 heterocycles. The molecule has 2 N–H and O–H groups in total. The van der Waals surface area contributed by atoms with Gasteiger partial charge in [-0.3, -0.25) is 4.79 Å². The summed E-state index contributed by atoms with van der Waals surface area (Å²) in [4.78, 5) is 17.0. The van der Waals surface area contributed by atoms with Gasteiger partial charge in [0.25, 0.3) is 5.91 Å². The number of sulfonamides is 1. The van der Waals surface area contributed by atoms with E-state index in [1.165, 1.54) is 29.5 Å². The van der Waals surface area contributed by atoms with Crippen LogP contribution in [0.3, 0.4) is 0 Å². The Kier molecular flexibility index (Phi) is 6.08. The molecule has 1 aliphatic rings. The van der Waals surface area contributed by atoms with Gasteiger partial charge in [0.2, 0.25) is 10.0 Å². The fourth-order valence-corrected chi connectivity index (χ4v) is 5.71. The Bertz CT molecular complexity index is 1200. The van der Waals surface area contributed by atoms with Crippen molar-refractivity contribution in [2.45, 2.75) is 30.8 Å². The zero-order valence-corrected chi connectivity index (χ0v) is 18.5. The number of aryl methyl sites for hydroxylation is 1. The van der Waals surface area contributed by atoms with Crippen molar-refractivity contribution in [3.05, 3.63) is 52.0 Å². The Morgan fingerprint density at radius 1 is 1.30 bits per heavy atom. The summed E-state index contributed by atoms with van der Waals surface area (Å²) in [5, 5.41) is 3.79. The highest BCUT2D eigenvalue weighted by molar-refractivity contribution is 7.89. The van der Waals surface area contributed by atoms with E-state index in [1.807, 2.05) is 19.1 Å². The van der Waals surface area contributed by atoms with Crippen molar-refractivity contribution < 1.29 is 17.9 Å². The Balaban J connectivity index is 1.52. The number of ether oxygens (including phenoxy) is 1. The number of anilines is 1. The van der Waals surface area contributed by atoms with Crippen molar-refractivity contribution in [3.8, 4) is 0 Å². The van der Waals surface area contributed by atoms with E-state index in [-0.39, 0.29) is 28.1 Å². The van der Waals surface area contributed by atoms with E-state index in [1.54, 1.807) is 6.07 Å². The topological polar surface area (TPSA) is 97.4 Å². The third-order valence-electron chi connectivity index (χ3n) is 4.76. The van der Waals surface area contributed by atoms with E-state index >= 15 is 0 Å². The summed E-state index contributed by atoms with van der Waals surface area (Å²) in [7, 11) is -3.88. The molecule has 0 radical (unpaired) electrons. The highest BCUT2D eigenvalue weighted by Crippen LogP contribution is 2.26. The number of hydrogen-bond acceptors (Lipinski definition) is 6. The third-order valence-corrected chi connectivity index (χ3v) is 7.60. The molecule has 1 amide bonds. The molecule has 0 unspecified atom stereocenters. The quantitative estimate of drug-likeness (QED) is 0.574. The van der Waals surface area contributed by atoms with Gasteiger partial charge in [-0.2, -0.15) is 0 Å². The minimum atomic E-state index is -3.88. The maximum atomic E-state index is 12.7. The molecule has 1 aliphatic heterocycles. The van der Waals surface area contributed by atoms with Crippen LogP contribution in [0, 0.1) is 6.92 Å². The number of halogens is 1. The maximum absolute atomic E-state index is 12.7. The lowest BCUT2D eigenvalue weighted by Gasteiger charge is -2.13. The molecule has 0 aliphatic carbocycles. The van der Waals surface area contributed by atoms with E-state index in [4.69, 9.17) is 16.3 Å². The van der Waals surface area contributed by atoms with Crippen LogP contribution in [0.4, 0.5) is 5.69 Å². The van der Waals surface area contributed by atoms with Gasteiger partial charge in [-0.05, 0) is 56.2 Å². The number of nitrogens with zero attached hydrogens (tertiary/aromatic N) is 1. The number of hydrogen-bond donors (Lipinski definition) is 2. The first-order valence-corrected chi connectivity index (χ1v) is 12.1. The van der Waals surface area contributed by atoms with E-state index in [2.05, 4.69) is 15.0 Å². The highest BCUT2D eigenvalue weighted by atomic mass is 35.5. The van der Waals surface area contributed by atoms with Gasteiger partial charge in [0.05, 0.1) is 26.4 Å². The summed E-state index contributed by atoms with van der Waals surface area (Å²) in [6.45, 7) is 2.73. The van der Waals surface area contributed by atoms with Gasteiger partial charge < -0.3 is 10.1 Å². The summed E-state index contributed by atoms with van der Waals surface area (Å²) >= 11 is 7.66. The zero-order valence-electron chi connectivity index (χ0n) is 16.1. The summed E-state index contributed by atoms with van der Waals surface area (Å²) in [5.41, 5.74) is 1.66. The Hall–Kier alpha value is -2.04. The first-order chi connectivity index (χ1) is 14.3. The monoisotopic (exact) mass is 465 g/mol. The molecular weight excluding hydrogens is 446 g/mol. The van der Waals surface area contributed by atoms with Crippen LogP contribution in [0.25, 0.3) is 10.2 Å². The molecule has 158 valence electrons. The standard InChI is InChI=1S/C20H20ClN3O4S2/c1-12-23-17-7-5-14(10-18(17)29-12)24-20(25)13-4-6-16(21)19(9-13)30(26,27)22-11-15-3-2-8-28-15/h4-7,9-10,15,22H,2-3,8,11H2,1H3,(H,24,25)/t15-/m0/s1. The second-order valence-corrected chi connectivity index (χ2v) is 10.4. The number of rotatable bonds is 6. The Labute approximate surface area is 183 Å². The number of fused-ring (bicyclic) bond motifs is 1. The van der Waals surface area contributed by atoms with Crippen molar-refractivity contribution in [2.75, 3.05) is 18.5 Å². The number of carbonyl (C=O) groups excluding carboxylic acids is 1. The van der Waals surface area contributed by atoms with Crippen molar-refractivity contribution in [2.24, 2.45) is 0 Å². The molecule has 0 spiro atoms. The second-order valence-electron chi connectivity index (χ2n) is 7.00. The highest BCUT2D eigenvalue weighted by Gasteiger charge is 2.23. The number of thiazole rings is 1. The van der Waals surface area contributed by atoms with Crippen LogP contribution in [0.5, 0.6) is 0 Å². The summed E-state index contributed by atoms with van der Waals surface area (Å²) in [6, 6.07) is 9.62. The smallest absolute Gasteiger partial charge is 0.255 e. The molecule has 1 atom stereocenters. The number of benzene rings is 2. The fourth-order valence-electron chi connectivity index (χ4n) is 3.26. The number of nitrogens with one attached hydrogen (secondary N) is 2. The van der Waals surface area contributed by atoms with E-state index in [0.717, 1.165) is 28.1 Å². The Morgan fingerprint density at radius 2 is 2.13 bits per heavy atom. The van der Waals surface area contributed by atoms with Gasteiger partial charge in [0.1, 0.15) is 4.90 Å². The van der Waals surface area contributed by atoms with E-state index < -0.39 is 15.9 Å². The van der Waals surface area contributed by atoms with Crippen LogP contribution < -0.4 is 10.0 Å². The second kappa shape index (κ2) is 8.60. The normalized spacial score (nSPS) is 16.8.